The van der Waals surface area contributed by atoms with Gasteiger partial charge in [0.25, 0.3) is 0 Å². The van der Waals surface area contributed by atoms with Crippen molar-refractivity contribution in [2.24, 2.45) is 11.8 Å². The molecule has 3 rings (SSSR count). The van der Waals surface area contributed by atoms with Crippen LogP contribution in [0.5, 0.6) is 0 Å². The van der Waals surface area contributed by atoms with Gasteiger partial charge < -0.3 is 10.0 Å². The molecule has 0 amide bonds. The Morgan fingerprint density at radius 2 is 2.00 bits per heavy atom. The number of hydrogen-bond acceptors (Lipinski definition) is 3. The quantitative estimate of drug-likeness (QED) is 0.902. The molecule has 1 saturated heterocycles. The van der Waals surface area contributed by atoms with Crippen LogP contribution in [0, 0.1) is 23.2 Å². The van der Waals surface area contributed by atoms with Crippen LogP contribution in [0.15, 0.2) is 18.2 Å². The summed E-state index contributed by atoms with van der Waals surface area (Å²) in [6, 6.07) is 7.88. The van der Waals surface area contributed by atoms with E-state index in [4.69, 9.17) is 5.26 Å². The molecule has 0 spiro atoms. The average Bonchev–Trinajstić information content (AvgIpc) is 2.53. The first-order chi connectivity index (χ1) is 10.2. The lowest BCUT2D eigenvalue weighted by atomic mass is 9.75. The molecule has 1 aromatic carbocycles. The summed E-state index contributed by atoms with van der Waals surface area (Å²) in [5.74, 6) is 1.68. The normalized spacial score (nSPS) is 26.8. The summed E-state index contributed by atoms with van der Waals surface area (Å²) in [6.07, 6.45) is 6.24. The molecule has 0 radical (unpaired) electrons. The maximum Gasteiger partial charge on any atom is 0.0992 e. The Bertz CT molecular complexity index is 547. The zero-order chi connectivity index (χ0) is 14.8. The van der Waals surface area contributed by atoms with Crippen LogP contribution >= 0.6 is 0 Å². The molecule has 3 atom stereocenters. The van der Waals surface area contributed by atoms with E-state index in [-0.39, 0.29) is 0 Å². The van der Waals surface area contributed by atoms with Gasteiger partial charge in [-0.15, -0.1) is 0 Å². The second-order valence-corrected chi connectivity index (χ2v) is 6.60. The van der Waals surface area contributed by atoms with E-state index in [1.165, 1.54) is 32.1 Å². The average molecular weight is 284 g/mol. The minimum absolute atomic E-state index is 0.489. The van der Waals surface area contributed by atoms with Gasteiger partial charge in [-0.1, -0.05) is 25.3 Å². The van der Waals surface area contributed by atoms with E-state index in [2.05, 4.69) is 11.0 Å². The van der Waals surface area contributed by atoms with Gasteiger partial charge in [-0.2, -0.15) is 5.26 Å². The fourth-order valence-corrected chi connectivity index (χ4v) is 4.06. The Kier molecular flexibility index (Phi) is 4.17. The maximum absolute atomic E-state index is 10.0. The minimum atomic E-state index is -0.489. The van der Waals surface area contributed by atoms with E-state index in [1.54, 1.807) is 13.0 Å². The number of hydrogen-bond donors (Lipinski definition) is 1. The molecule has 21 heavy (non-hydrogen) atoms. The molecule has 1 aromatic rings. The van der Waals surface area contributed by atoms with Crippen molar-refractivity contribution in [2.45, 2.75) is 45.1 Å². The second kappa shape index (κ2) is 6.07. The van der Waals surface area contributed by atoms with Crippen molar-refractivity contribution < 1.29 is 5.11 Å². The molecule has 2 fully saturated rings. The van der Waals surface area contributed by atoms with Crippen LogP contribution in [0.4, 0.5) is 5.69 Å². The number of piperidine rings is 1. The minimum Gasteiger partial charge on any atom is -0.389 e. The summed E-state index contributed by atoms with van der Waals surface area (Å²) in [6.45, 7) is 3.94. The zero-order valence-corrected chi connectivity index (χ0v) is 12.8. The molecule has 0 bridgehead atoms. The third-order valence-electron chi connectivity index (χ3n) is 5.24. The number of rotatable bonds is 2. The SMILES string of the molecule is C[C@@H](O)c1ccc(C#N)cc1N1CCC2CCCCC2C1. The molecule has 1 N–H and O–H groups in total. The van der Waals surface area contributed by atoms with E-state index in [9.17, 15) is 5.11 Å². The first-order valence-corrected chi connectivity index (χ1v) is 8.16. The van der Waals surface area contributed by atoms with Gasteiger partial charge in [0.05, 0.1) is 17.7 Å². The molecule has 1 aliphatic carbocycles. The number of aliphatic hydroxyl groups is 1. The first-order valence-electron chi connectivity index (χ1n) is 8.16. The molecule has 0 aromatic heterocycles. The molecule has 1 heterocycles. The molecular weight excluding hydrogens is 260 g/mol. The van der Waals surface area contributed by atoms with Gasteiger partial charge in [-0.05, 0) is 43.7 Å². The zero-order valence-electron chi connectivity index (χ0n) is 12.8. The molecule has 3 nitrogen and oxygen atoms in total. The summed E-state index contributed by atoms with van der Waals surface area (Å²) in [5, 5.41) is 19.2. The first kappa shape index (κ1) is 14.4. The van der Waals surface area contributed by atoms with Crippen molar-refractivity contribution >= 4 is 5.69 Å². The number of nitrogens with zero attached hydrogens (tertiary/aromatic N) is 2. The topological polar surface area (TPSA) is 47.3 Å². The summed E-state index contributed by atoms with van der Waals surface area (Å²) in [4.78, 5) is 2.40. The van der Waals surface area contributed by atoms with Gasteiger partial charge in [0, 0.05) is 24.3 Å². The van der Waals surface area contributed by atoms with Crippen molar-refractivity contribution in [1.29, 1.82) is 5.26 Å². The fourth-order valence-electron chi connectivity index (χ4n) is 4.06. The third kappa shape index (κ3) is 2.91. The summed E-state index contributed by atoms with van der Waals surface area (Å²) in [5.41, 5.74) is 2.69. The summed E-state index contributed by atoms with van der Waals surface area (Å²) >= 11 is 0. The van der Waals surface area contributed by atoms with Gasteiger partial charge >= 0.3 is 0 Å². The Labute approximate surface area is 127 Å². The smallest absolute Gasteiger partial charge is 0.0992 e. The van der Waals surface area contributed by atoms with Crippen molar-refractivity contribution in [2.75, 3.05) is 18.0 Å². The molecule has 2 aliphatic rings. The Balaban J connectivity index is 1.87. The number of benzene rings is 1. The van der Waals surface area contributed by atoms with E-state index < -0.39 is 6.10 Å². The van der Waals surface area contributed by atoms with E-state index in [0.717, 1.165) is 36.2 Å². The number of nitriles is 1. The van der Waals surface area contributed by atoms with E-state index >= 15 is 0 Å². The van der Waals surface area contributed by atoms with Gasteiger partial charge in [0.2, 0.25) is 0 Å². The van der Waals surface area contributed by atoms with Gasteiger partial charge in [0.15, 0.2) is 0 Å². The van der Waals surface area contributed by atoms with Crippen LogP contribution in [0.1, 0.15) is 56.3 Å². The predicted octanol–water partition coefficient (Wildman–Crippen LogP) is 3.63. The maximum atomic E-state index is 10.0. The standard InChI is InChI=1S/C18H24N2O/c1-13(21)17-7-6-14(11-19)10-18(17)20-9-8-15-4-2-3-5-16(15)12-20/h6-7,10,13,15-16,21H,2-5,8-9,12H2,1H3/t13-,15?,16?/m1/s1. The van der Waals surface area contributed by atoms with Crippen molar-refractivity contribution in [3.05, 3.63) is 29.3 Å². The Morgan fingerprint density at radius 3 is 2.71 bits per heavy atom. The molecule has 1 saturated carbocycles. The molecule has 2 unspecified atom stereocenters. The third-order valence-corrected chi connectivity index (χ3v) is 5.24. The lowest BCUT2D eigenvalue weighted by Crippen LogP contribution is -2.42. The highest BCUT2D eigenvalue weighted by molar-refractivity contribution is 5.58. The predicted molar refractivity (Wildman–Crippen MR) is 84.1 cm³/mol. The second-order valence-electron chi connectivity index (χ2n) is 6.60. The Hall–Kier alpha value is -1.53. The van der Waals surface area contributed by atoms with Gasteiger partial charge in [-0.3, -0.25) is 0 Å². The van der Waals surface area contributed by atoms with E-state index in [1.807, 2.05) is 12.1 Å². The van der Waals surface area contributed by atoms with E-state index in [0.29, 0.717) is 5.56 Å². The van der Waals surface area contributed by atoms with Crippen LogP contribution in [0.2, 0.25) is 0 Å². The summed E-state index contributed by atoms with van der Waals surface area (Å²) in [7, 11) is 0. The van der Waals surface area contributed by atoms with Crippen LogP contribution < -0.4 is 4.90 Å². The number of aliphatic hydroxyl groups excluding tert-OH is 1. The number of fused-ring (bicyclic) bond motifs is 1. The molecule has 112 valence electrons. The van der Waals surface area contributed by atoms with Crippen LogP contribution in [-0.2, 0) is 0 Å². The fraction of sp³-hybridized carbons (Fsp3) is 0.611. The largest absolute Gasteiger partial charge is 0.389 e. The van der Waals surface area contributed by atoms with Crippen LogP contribution in [0.25, 0.3) is 0 Å². The lowest BCUT2D eigenvalue weighted by Gasteiger charge is -2.43. The number of anilines is 1. The van der Waals surface area contributed by atoms with Crippen LogP contribution in [0.3, 0.4) is 0 Å². The molecule has 3 heteroatoms. The monoisotopic (exact) mass is 284 g/mol. The van der Waals surface area contributed by atoms with Crippen molar-refractivity contribution in [3.63, 3.8) is 0 Å². The molecule has 1 aliphatic heterocycles. The van der Waals surface area contributed by atoms with Gasteiger partial charge in [0.1, 0.15) is 0 Å². The Morgan fingerprint density at radius 1 is 1.24 bits per heavy atom. The molecular formula is C18H24N2O. The van der Waals surface area contributed by atoms with Crippen molar-refractivity contribution in [3.8, 4) is 6.07 Å². The van der Waals surface area contributed by atoms with Gasteiger partial charge in [-0.25, -0.2) is 0 Å². The van der Waals surface area contributed by atoms with Crippen LogP contribution in [-0.4, -0.2) is 18.2 Å². The summed E-state index contributed by atoms with van der Waals surface area (Å²) < 4.78 is 0. The highest BCUT2D eigenvalue weighted by Gasteiger charge is 2.32. The highest BCUT2D eigenvalue weighted by Crippen LogP contribution is 2.39. The lowest BCUT2D eigenvalue weighted by molar-refractivity contribution is 0.193. The highest BCUT2D eigenvalue weighted by atomic mass is 16.3. The van der Waals surface area contributed by atoms with Crippen molar-refractivity contribution in [1.82, 2.24) is 0 Å².